The van der Waals surface area contributed by atoms with Crippen LogP contribution in [0.25, 0.3) is 22.4 Å². The minimum atomic E-state index is -1.39. The first-order chi connectivity index (χ1) is 18.5. The molecule has 0 radical (unpaired) electrons. The Kier molecular flexibility index (Phi) is 4.62. The molecule has 0 fully saturated rings. The number of benzene rings is 1. The number of aromatic nitrogens is 4. The second kappa shape index (κ2) is 7.94. The predicted molar refractivity (Wildman–Crippen MR) is 132 cm³/mol. The number of nitrogens with zero attached hydrogens (tertiary/aromatic N) is 5. The lowest BCUT2D eigenvalue weighted by atomic mass is 9.75. The molecule has 7 nitrogen and oxygen atoms in total. The minimum Gasteiger partial charge on any atom is -0.452 e. The van der Waals surface area contributed by atoms with Gasteiger partial charge < -0.3 is 10.5 Å². The summed E-state index contributed by atoms with van der Waals surface area (Å²) in [5.41, 5.74) is 8.24. The third kappa shape index (κ3) is 3.06. The predicted octanol–water partition coefficient (Wildman–Crippen LogP) is 5.13. The average molecular weight is 508 g/mol. The van der Waals surface area contributed by atoms with Crippen molar-refractivity contribution in [3.8, 4) is 33.9 Å². The van der Waals surface area contributed by atoms with Crippen molar-refractivity contribution in [3.63, 3.8) is 0 Å². The summed E-state index contributed by atoms with van der Waals surface area (Å²) in [6.07, 6.45) is 5.83. The minimum absolute atomic E-state index is 0.148. The molecule has 0 bridgehead atoms. The second-order valence-corrected chi connectivity index (χ2v) is 8.83. The maximum Gasteiger partial charge on any atom is 0.256 e. The van der Waals surface area contributed by atoms with Crippen LogP contribution in [-0.2, 0) is 5.54 Å². The highest BCUT2D eigenvalue weighted by Crippen LogP contribution is 2.56. The van der Waals surface area contributed by atoms with Crippen molar-refractivity contribution in [1.29, 1.82) is 0 Å². The van der Waals surface area contributed by atoms with E-state index < -0.39 is 23.4 Å². The molecule has 4 aromatic heterocycles. The number of hydrogen-bond acceptors (Lipinski definition) is 7. The number of pyridine rings is 4. The molecule has 1 spiro atoms. The summed E-state index contributed by atoms with van der Waals surface area (Å²) in [4.78, 5) is 20.5. The Bertz CT molecular complexity index is 1830. The van der Waals surface area contributed by atoms with Crippen LogP contribution in [-0.4, -0.2) is 25.8 Å². The summed E-state index contributed by atoms with van der Waals surface area (Å²) >= 11 is 0. The van der Waals surface area contributed by atoms with Crippen LogP contribution in [0.5, 0.6) is 11.5 Å². The third-order valence-corrected chi connectivity index (χ3v) is 6.77. The van der Waals surface area contributed by atoms with Crippen molar-refractivity contribution in [2.45, 2.75) is 5.54 Å². The second-order valence-electron chi connectivity index (χ2n) is 8.83. The van der Waals surface area contributed by atoms with Crippen molar-refractivity contribution in [3.05, 3.63) is 119 Å². The van der Waals surface area contributed by atoms with Crippen LogP contribution in [0, 0.1) is 17.8 Å². The van der Waals surface area contributed by atoms with Gasteiger partial charge in [-0.25, -0.2) is 19.9 Å². The van der Waals surface area contributed by atoms with Crippen molar-refractivity contribution in [2.75, 3.05) is 0 Å². The van der Waals surface area contributed by atoms with Crippen LogP contribution < -0.4 is 10.5 Å². The fraction of sp³-hybridized carbons (Fsp3) is 0.0357. The Morgan fingerprint density at radius 3 is 2.50 bits per heavy atom. The van der Waals surface area contributed by atoms with E-state index >= 15 is 4.39 Å². The highest BCUT2D eigenvalue weighted by molar-refractivity contribution is 6.03. The van der Waals surface area contributed by atoms with E-state index in [1.54, 1.807) is 54.9 Å². The Morgan fingerprint density at radius 1 is 0.763 bits per heavy atom. The molecule has 0 saturated carbocycles. The quantitative estimate of drug-likeness (QED) is 0.332. The molecule has 2 aliphatic rings. The first-order valence-electron chi connectivity index (χ1n) is 11.5. The van der Waals surface area contributed by atoms with Gasteiger partial charge in [0.25, 0.3) is 5.95 Å². The molecule has 0 amide bonds. The summed E-state index contributed by atoms with van der Waals surface area (Å²) in [5.74, 6) is -1.93. The molecular weight excluding hydrogens is 493 g/mol. The van der Waals surface area contributed by atoms with E-state index in [1.807, 2.05) is 0 Å². The molecule has 7 rings (SSSR count). The van der Waals surface area contributed by atoms with Gasteiger partial charge in [0.2, 0.25) is 11.9 Å². The van der Waals surface area contributed by atoms with E-state index in [-0.39, 0.29) is 22.8 Å². The fourth-order valence-corrected chi connectivity index (χ4v) is 5.12. The molecule has 0 unspecified atom stereocenters. The normalized spacial score (nSPS) is 16.9. The van der Waals surface area contributed by atoms with Gasteiger partial charge in [-0.3, -0.25) is 4.98 Å². The zero-order valence-electron chi connectivity index (χ0n) is 19.4. The van der Waals surface area contributed by atoms with Crippen LogP contribution in [0.4, 0.5) is 13.2 Å². The van der Waals surface area contributed by atoms with Crippen LogP contribution in [0.2, 0.25) is 0 Å². The van der Waals surface area contributed by atoms with Gasteiger partial charge >= 0.3 is 0 Å². The lowest BCUT2D eigenvalue weighted by Gasteiger charge is -2.36. The van der Waals surface area contributed by atoms with Gasteiger partial charge in [0.1, 0.15) is 17.1 Å². The van der Waals surface area contributed by atoms with Crippen LogP contribution >= 0.6 is 0 Å². The monoisotopic (exact) mass is 508 g/mol. The van der Waals surface area contributed by atoms with E-state index in [0.717, 1.165) is 6.07 Å². The Hall–Kier alpha value is -5.12. The van der Waals surface area contributed by atoms with E-state index in [1.165, 1.54) is 18.5 Å². The fourth-order valence-electron chi connectivity index (χ4n) is 5.12. The molecule has 2 aliphatic heterocycles. The third-order valence-electron chi connectivity index (χ3n) is 6.77. The van der Waals surface area contributed by atoms with Gasteiger partial charge in [0, 0.05) is 64.2 Å². The Balaban J connectivity index is 1.56. The lowest BCUT2D eigenvalue weighted by molar-refractivity contribution is 0.385. The van der Waals surface area contributed by atoms with Gasteiger partial charge in [-0.05, 0) is 48.0 Å². The largest absolute Gasteiger partial charge is 0.452 e. The smallest absolute Gasteiger partial charge is 0.256 e. The summed E-state index contributed by atoms with van der Waals surface area (Å²) in [6, 6.07) is 14.2. The van der Waals surface area contributed by atoms with Gasteiger partial charge in [-0.15, -0.1) is 0 Å². The number of amidine groups is 1. The van der Waals surface area contributed by atoms with Gasteiger partial charge in [-0.1, -0.05) is 6.07 Å². The number of aliphatic imine (C=N–C) groups is 1. The van der Waals surface area contributed by atoms with E-state index in [0.29, 0.717) is 39.1 Å². The number of ether oxygens (including phenoxy) is 1. The highest BCUT2D eigenvalue weighted by atomic mass is 19.1. The highest BCUT2D eigenvalue weighted by Gasteiger charge is 2.50. The Labute approximate surface area is 213 Å². The van der Waals surface area contributed by atoms with Crippen molar-refractivity contribution < 1.29 is 17.9 Å². The van der Waals surface area contributed by atoms with E-state index in [2.05, 4.69) is 19.9 Å². The number of hydrogen-bond donors (Lipinski definition) is 1. The topological polar surface area (TPSA) is 99.2 Å². The Morgan fingerprint density at radius 2 is 1.66 bits per heavy atom. The average Bonchev–Trinajstić information content (AvgIpc) is 3.22. The maximum absolute atomic E-state index is 15.6. The molecule has 184 valence electrons. The summed E-state index contributed by atoms with van der Waals surface area (Å²) in [6.45, 7) is 0. The van der Waals surface area contributed by atoms with Crippen LogP contribution in [0.1, 0.15) is 22.3 Å². The molecule has 10 heteroatoms. The van der Waals surface area contributed by atoms with Crippen molar-refractivity contribution in [1.82, 2.24) is 19.9 Å². The number of rotatable bonds is 2. The van der Waals surface area contributed by atoms with Gasteiger partial charge in [0.05, 0.1) is 5.69 Å². The number of nitrogens with two attached hydrogens (primary N) is 1. The standard InChI is InChI=1S/C28H15F3N6O/c29-23-11-15(5-9-34-23)21-12-19-24(26(31)36-21)38-22-4-3-14(16-2-1-7-35-25(16)30)10-18(22)28(19)20-13-33-8-6-17(20)27(32)37-28/h1-13H,(H2,32,37)/t28-/m1/s1. The molecule has 0 saturated heterocycles. The molecule has 1 atom stereocenters. The first-order valence-corrected chi connectivity index (χ1v) is 11.5. The molecule has 0 aliphatic carbocycles. The van der Waals surface area contributed by atoms with Crippen molar-refractivity contribution >= 4 is 5.84 Å². The zero-order valence-corrected chi connectivity index (χ0v) is 19.4. The number of halogens is 3. The molecular formula is C28H15F3N6O. The zero-order chi connectivity index (χ0) is 26.0. The maximum atomic E-state index is 15.6. The summed E-state index contributed by atoms with van der Waals surface area (Å²) in [7, 11) is 0. The molecule has 6 heterocycles. The summed E-state index contributed by atoms with van der Waals surface area (Å²) < 4.78 is 50.2. The first kappa shape index (κ1) is 22.1. The molecule has 2 N–H and O–H groups in total. The summed E-state index contributed by atoms with van der Waals surface area (Å²) in [5, 5.41) is 0. The SMILES string of the molecule is NC1=N[C@@]2(c3cc(-c4cccnc4F)ccc3Oc3c2cc(-c2ccnc(F)c2)nc3F)c2cnccc21. The van der Waals surface area contributed by atoms with Gasteiger partial charge in [-0.2, -0.15) is 13.2 Å². The van der Waals surface area contributed by atoms with Crippen molar-refractivity contribution in [2.24, 2.45) is 10.7 Å². The number of fused-ring (bicyclic) bond motifs is 6. The van der Waals surface area contributed by atoms with E-state index in [9.17, 15) is 8.78 Å². The molecule has 5 aromatic rings. The van der Waals surface area contributed by atoms with Crippen LogP contribution in [0.3, 0.4) is 0 Å². The molecule has 38 heavy (non-hydrogen) atoms. The van der Waals surface area contributed by atoms with E-state index in [4.69, 9.17) is 15.5 Å². The molecule has 1 aromatic carbocycles. The van der Waals surface area contributed by atoms with Gasteiger partial charge in [0.15, 0.2) is 5.75 Å². The van der Waals surface area contributed by atoms with Crippen LogP contribution in [0.15, 0.2) is 84.4 Å². The lowest BCUT2D eigenvalue weighted by Crippen LogP contribution is -2.30.